The number of hydrogen-bond donors (Lipinski definition) is 2. The second-order valence-electron chi connectivity index (χ2n) is 5.72. The number of carbonyl (C=O) groups is 1. The van der Waals surface area contributed by atoms with Crippen LogP contribution in [0, 0.1) is 22.0 Å². The average molecular weight is 276 g/mol. The summed E-state index contributed by atoms with van der Waals surface area (Å²) >= 11 is 0. The Morgan fingerprint density at radius 1 is 1.35 bits per heavy atom. The van der Waals surface area contributed by atoms with E-state index in [9.17, 15) is 14.9 Å². The maximum Gasteiger partial charge on any atom is 0.342 e. The Labute approximate surface area is 115 Å². The van der Waals surface area contributed by atoms with Gasteiger partial charge in [0.05, 0.1) is 4.92 Å². The van der Waals surface area contributed by atoms with Crippen LogP contribution < -0.4 is 5.32 Å². The molecule has 2 bridgehead atoms. The number of nitrogens with zero attached hydrogens (tertiary/aromatic N) is 1. The van der Waals surface area contributed by atoms with Crippen molar-refractivity contribution >= 4 is 17.3 Å². The molecule has 3 rings (SSSR count). The van der Waals surface area contributed by atoms with Crippen molar-refractivity contribution in [2.24, 2.45) is 11.8 Å². The van der Waals surface area contributed by atoms with Gasteiger partial charge in [0.15, 0.2) is 0 Å². The van der Waals surface area contributed by atoms with Gasteiger partial charge < -0.3 is 10.4 Å². The van der Waals surface area contributed by atoms with E-state index in [0.29, 0.717) is 17.6 Å². The van der Waals surface area contributed by atoms with Gasteiger partial charge in [-0.05, 0) is 43.2 Å². The smallest absolute Gasteiger partial charge is 0.342 e. The third kappa shape index (κ3) is 2.21. The highest BCUT2D eigenvalue weighted by Gasteiger charge is 2.39. The van der Waals surface area contributed by atoms with Gasteiger partial charge >= 0.3 is 5.97 Å². The molecule has 2 aliphatic carbocycles. The summed E-state index contributed by atoms with van der Waals surface area (Å²) in [6, 6.07) is 4.60. The Bertz CT molecular complexity index is 572. The van der Waals surface area contributed by atoms with Gasteiger partial charge in [-0.1, -0.05) is 6.42 Å². The Balaban J connectivity index is 1.82. The average Bonchev–Trinajstić information content (AvgIpc) is 3.00. The second kappa shape index (κ2) is 4.77. The number of benzene rings is 1. The number of nitro groups is 1. The van der Waals surface area contributed by atoms with Crippen molar-refractivity contribution in [1.82, 2.24) is 0 Å². The Morgan fingerprint density at radius 2 is 2.15 bits per heavy atom. The van der Waals surface area contributed by atoms with Crippen molar-refractivity contribution in [3.8, 4) is 0 Å². The highest BCUT2D eigenvalue weighted by molar-refractivity contribution is 5.93. The van der Waals surface area contributed by atoms with Gasteiger partial charge in [0.25, 0.3) is 5.69 Å². The molecule has 2 fully saturated rings. The van der Waals surface area contributed by atoms with E-state index < -0.39 is 10.9 Å². The van der Waals surface area contributed by atoms with E-state index in [0.717, 1.165) is 12.3 Å². The molecule has 2 aliphatic rings. The minimum Gasteiger partial charge on any atom is -0.477 e. The first kappa shape index (κ1) is 12.9. The predicted molar refractivity (Wildman–Crippen MR) is 72.9 cm³/mol. The highest BCUT2D eigenvalue weighted by Crippen LogP contribution is 2.45. The molecule has 3 atom stereocenters. The number of rotatable bonds is 4. The topological polar surface area (TPSA) is 92.5 Å². The van der Waals surface area contributed by atoms with E-state index in [1.807, 2.05) is 0 Å². The van der Waals surface area contributed by atoms with Crippen molar-refractivity contribution in [2.45, 2.75) is 31.7 Å². The number of fused-ring (bicyclic) bond motifs is 2. The first-order valence-corrected chi connectivity index (χ1v) is 6.83. The molecule has 6 nitrogen and oxygen atoms in total. The molecule has 0 saturated heterocycles. The van der Waals surface area contributed by atoms with Gasteiger partial charge in [-0.25, -0.2) is 4.79 Å². The lowest BCUT2D eigenvalue weighted by Crippen LogP contribution is -2.25. The minimum absolute atomic E-state index is 0.261. The van der Waals surface area contributed by atoms with Crippen molar-refractivity contribution in [3.63, 3.8) is 0 Å². The van der Waals surface area contributed by atoms with Crippen LogP contribution in [0.4, 0.5) is 11.4 Å². The van der Waals surface area contributed by atoms with Crippen molar-refractivity contribution in [3.05, 3.63) is 33.9 Å². The minimum atomic E-state index is -1.27. The summed E-state index contributed by atoms with van der Waals surface area (Å²) in [5, 5.41) is 23.2. The molecule has 1 aromatic rings. The summed E-state index contributed by atoms with van der Waals surface area (Å²) in [6.07, 6.45) is 4.88. The summed E-state index contributed by atoms with van der Waals surface area (Å²) < 4.78 is 0. The lowest BCUT2D eigenvalue weighted by atomic mass is 9.95. The van der Waals surface area contributed by atoms with Gasteiger partial charge in [0.1, 0.15) is 5.56 Å². The van der Waals surface area contributed by atoms with Crippen LogP contribution in [-0.4, -0.2) is 22.0 Å². The standard InChI is InChI=1S/C14H16N2O4/c17-14(18)11-7-10(3-4-13(11)16(19)20)15-12-6-8-1-2-9(12)5-8/h3-4,7-9,12,15H,1-2,5-6H2,(H,17,18). The van der Waals surface area contributed by atoms with Crippen LogP contribution in [0.5, 0.6) is 0 Å². The monoisotopic (exact) mass is 276 g/mol. The normalized spacial score (nSPS) is 27.5. The van der Waals surface area contributed by atoms with Crippen LogP contribution >= 0.6 is 0 Å². The van der Waals surface area contributed by atoms with Crippen LogP contribution in [-0.2, 0) is 0 Å². The van der Waals surface area contributed by atoms with Gasteiger partial charge in [0.2, 0.25) is 0 Å². The molecular formula is C14H16N2O4. The Kier molecular flexibility index (Phi) is 3.08. The molecule has 2 N–H and O–H groups in total. The third-order valence-corrected chi connectivity index (χ3v) is 4.51. The maximum absolute atomic E-state index is 11.1. The highest BCUT2D eigenvalue weighted by atomic mass is 16.6. The molecule has 0 aliphatic heterocycles. The zero-order chi connectivity index (χ0) is 14.3. The van der Waals surface area contributed by atoms with Gasteiger partial charge in [-0.2, -0.15) is 0 Å². The molecule has 106 valence electrons. The molecule has 0 aromatic heterocycles. The van der Waals surface area contributed by atoms with Crippen LogP contribution in [0.15, 0.2) is 18.2 Å². The fourth-order valence-electron chi connectivity index (χ4n) is 3.59. The number of hydrogen-bond acceptors (Lipinski definition) is 4. The van der Waals surface area contributed by atoms with E-state index >= 15 is 0 Å². The molecule has 3 unspecified atom stereocenters. The van der Waals surface area contributed by atoms with E-state index in [4.69, 9.17) is 5.11 Å². The lowest BCUT2D eigenvalue weighted by molar-refractivity contribution is -0.385. The fourth-order valence-corrected chi connectivity index (χ4v) is 3.59. The lowest BCUT2D eigenvalue weighted by Gasteiger charge is -2.24. The molecule has 20 heavy (non-hydrogen) atoms. The second-order valence-corrected chi connectivity index (χ2v) is 5.72. The van der Waals surface area contributed by atoms with Crippen molar-refractivity contribution in [2.75, 3.05) is 5.32 Å². The maximum atomic E-state index is 11.1. The largest absolute Gasteiger partial charge is 0.477 e. The molecular weight excluding hydrogens is 260 g/mol. The van der Waals surface area contributed by atoms with Gasteiger partial charge in [-0.3, -0.25) is 10.1 Å². The van der Waals surface area contributed by atoms with Crippen LogP contribution in [0.3, 0.4) is 0 Å². The number of anilines is 1. The summed E-state index contributed by atoms with van der Waals surface area (Å²) in [7, 11) is 0. The van der Waals surface area contributed by atoms with E-state index in [1.165, 1.54) is 31.4 Å². The summed E-state index contributed by atoms with van der Waals surface area (Å²) in [5.74, 6) is 0.172. The Hall–Kier alpha value is -2.11. The van der Waals surface area contributed by atoms with Gasteiger partial charge in [0, 0.05) is 17.8 Å². The molecule has 0 heterocycles. The van der Waals surface area contributed by atoms with E-state index in [1.54, 1.807) is 6.07 Å². The first-order chi connectivity index (χ1) is 9.54. The number of nitrogens with one attached hydrogen (secondary N) is 1. The molecule has 6 heteroatoms. The first-order valence-electron chi connectivity index (χ1n) is 6.83. The predicted octanol–water partition coefficient (Wildman–Crippen LogP) is 2.89. The zero-order valence-corrected chi connectivity index (χ0v) is 10.9. The number of nitro benzene ring substituents is 1. The quantitative estimate of drug-likeness (QED) is 0.651. The van der Waals surface area contributed by atoms with Crippen LogP contribution in [0.25, 0.3) is 0 Å². The number of carboxylic acids is 1. The Morgan fingerprint density at radius 3 is 2.70 bits per heavy atom. The number of carboxylic acid groups (broad SMARTS) is 1. The molecule has 0 amide bonds. The summed E-state index contributed by atoms with van der Waals surface area (Å²) in [6.45, 7) is 0. The molecule has 0 radical (unpaired) electrons. The van der Waals surface area contributed by atoms with Crippen LogP contribution in [0.1, 0.15) is 36.0 Å². The SMILES string of the molecule is O=C(O)c1cc(NC2CC3CCC2C3)ccc1[N+](=O)[O-]. The fraction of sp³-hybridized carbons (Fsp3) is 0.500. The zero-order valence-electron chi connectivity index (χ0n) is 10.9. The van der Waals surface area contributed by atoms with Crippen LogP contribution in [0.2, 0.25) is 0 Å². The molecule has 0 spiro atoms. The third-order valence-electron chi connectivity index (χ3n) is 4.51. The number of aromatic carboxylic acids is 1. The van der Waals surface area contributed by atoms with E-state index in [-0.39, 0.29) is 11.3 Å². The van der Waals surface area contributed by atoms with Crippen molar-refractivity contribution in [1.29, 1.82) is 0 Å². The molecule has 2 saturated carbocycles. The molecule has 1 aromatic carbocycles. The van der Waals surface area contributed by atoms with E-state index in [2.05, 4.69) is 5.32 Å². The van der Waals surface area contributed by atoms with Gasteiger partial charge in [-0.15, -0.1) is 0 Å². The summed E-state index contributed by atoms with van der Waals surface area (Å²) in [5.41, 5.74) is 0.0321. The van der Waals surface area contributed by atoms with Crippen molar-refractivity contribution < 1.29 is 14.8 Å². The summed E-state index contributed by atoms with van der Waals surface area (Å²) in [4.78, 5) is 21.3.